The van der Waals surface area contributed by atoms with Crippen LogP contribution in [0.3, 0.4) is 0 Å². The van der Waals surface area contributed by atoms with E-state index in [0.717, 1.165) is 42.9 Å². The average Bonchev–Trinajstić information content (AvgIpc) is 3.16. The molecule has 1 N–H and O–H groups in total. The molecule has 0 radical (unpaired) electrons. The van der Waals surface area contributed by atoms with Crippen LogP contribution in [0.15, 0.2) is 41.9 Å². The molecule has 4 rings (SSSR count). The van der Waals surface area contributed by atoms with Gasteiger partial charge in [-0.25, -0.2) is 4.68 Å². The van der Waals surface area contributed by atoms with Crippen LogP contribution in [0.2, 0.25) is 0 Å². The zero-order valence-corrected chi connectivity index (χ0v) is 15.8. The van der Waals surface area contributed by atoms with Crippen LogP contribution in [-0.2, 0) is 4.79 Å². The molecule has 1 saturated heterocycles. The summed E-state index contributed by atoms with van der Waals surface area (Å²) < 4.78 is 7.64. The van der Waals surface area contributed by atoms with Crippen LogP contribution in [0.5, 0.6) is 5.75 Å². The number of allylic oxidation sites excluding steroid dienone is 1. The third-order valence-corrected chi connectivity index (χ3v) is 5.18. The van der Waals surface area contributed by atoms with E-state index in [-0.39, 0.29) is 11.9 Å². The third kappa shape index (κ3) is 3.18. The molecule has 2 aromatic rings. The van der Waals surface area contributed by atoms with Gasteiger partial charge in [-0.05, 0) is 39.2 Å². The summed E-state index contributed by atoms with van der Waals surface area (Å²) in [4.78, 5) is 19.7. The van der Waals surface area contributed by atoms with Gasteiger partial charge in [0.05, 0.1) is 12.2 Å². The Morgan fingerprint density at radius 1 is 1.26 bits per heavy atom. The first kappa shape index (κ1) is 17.6. The lowest BCUT2D eigenvalue weighted by Crippen LogP contribution is -2.41. The number of piperidine rings is 1. The van der Waals surface area contributed by atoms with Gasteiger partial charge < -0.3 is 15.0 Å². The van der Waals surface area contributed by atoms with Gasteiger partial charge in [0.25, 0.3) is 5.91 Å². The molecule has 1 aromatic heterocycles. The van der Waals surface area contributed by atoms with Gasteiger partial charge in [0.2, 0.25) is 5.95 Å². The van der Waals surface area contributed by atoms with Gasteiger partial charge in [-0.2, -0.15) is 10.1 Å². The molecule has 0 saturated carbocycles. The van der Waals surface area contributed by atoms with Crippen LogP contribution in [-0.4, -0.2) is 45.3 Å². The van der Waals surface area contributed by atoms with Crippen molar-refractivity contribution in [1.29, 1.82) is 0 Å². The number of carbonyl (C=O) groups excluding carboxylic acids is 1. The van der Waals surface area contributed by atoms with Crippen molar-refractivity contribution in [3.63, 3.8) is 0 Å². The van der Waals surface area contributed by atoms with Gasteiger partial charge in [0.1, 0.15) is 18.1 Å². The van der Waals surface area contributed by atoms with Crippen LogP contribution in [0.4, 0.5) is 5.95 Å². The number of anilines is 1. The molecule has 3 heterocycles. The highest BCUT2D eigenvalue weighted by atomic mass is 16.5. The second-order valence-corrected chi connectivity index (χ2v) is 6.92. The van der Waals surface area contributed by atoms with Crippen LogP contribution in [0, 0.1) is 0 Å². The van der Waals surface area contributed by atoms with Crippen molar-refractivity contribution in [3.8, 4) is 5.75 Å². The Hall–Kier alpha value is -2.83. The lowest BCUT2D eigenvalue weighted by atomic mass is 9.93. The zero-order chi connectivity index (χ0) is 18.8. The predicted molar refractivity (Wildman–Crippen MR) is 103 cm³/mol. The van der Waals surface area contributed by atoms with E-state index >= 15 is 0 Å². The third-order valence-electron chi connectivity index (χ3n) is 5.18. The molecule has 0 aliphatic carbocycles. The molecule has 1 amide bonds. The average molecular weight is 367 g/mol. The van der Waals surface area contributed by atoms with Crippen molar-refractivity contribution < 1.29 is 9.53 Å². The minimum atomic E-state index is -0.360. The predicted octanol–water partition coefficient (Wildman–Crippen LogP) is 2.98. The summed E-state index contributed by atoms with van der Waals surface area (Å²) in [6, 6.07) is 7.50. The molecule has 0 bridgehead atoms. The van der Waals surface area contributed by atoms with Crippen molar-refractivity contribution in [1.82, 2.24) is 19.7 Å². The van der Waals surface area contributed by atoms with Crippen LogP contribution in [0.25, 0.3) is 0 Å². The minimum Gasteiger partial charge on any atom is -0.494 e. The van der Waals surface area contributed by atoms with Crippen molar-refractivity contribution >= 4 is 11.9 Å². The highest BCUT2D eigenvalue weighted by molar-refractivity contribution is 5.97. The van der Waals surface area contributed by atoms with E-state index in [1.165, 1.54) is 12.7 Å². The summed E-state index contributed by atoms with van der Waals surface area (Å²) in [7, 11) is 0. The first-order valence-corrected chi connectivity index (χ1v) is 9.59. The van der Waals surface area contributed by atoms with Gasteiger partial charge in [-0.15, -0.1) is 0 Å². The molecule has 1 aromatic carbocycles. The summed E-state index contributed by atoms with van der Waals surface area (Å²) in [5.41, 5.74) is 2.46. The molecule has 27 heavy (non-hydrogen) atoms. The van der Waals surface area contributed by atoms with E-state index in [9.17, 15) is 4.79 Å². The quantitative estimate of drug-likeness (QED) is 0.899. The molecule has 2 aliphatic rings. The number of para-hydroxylation sites is 1. The molecule has 1 atom stereocenters. The summed E-state index contributed by atoms with van der Waals surface area (Å²) >= 11 is 0. The highest BCUT2D eigenvalue weighted by Gasteiger charge is 2.37. The standard InChI is InChI=1S/C20H25N5O2/c1-3-27-16-10-6-5-9-15(16)18-17(19(26)24-11-7-4-8-12-24)14(2)23-20-21-13-22-25(18)20/h5-6,9-10,13,18H,3-4,7-8,11-12H2,1-2H3,(H,21,22,23). The number of carbonyl (C=O) groups is 1. The Balaban J connectivity index is 1.82. The number of hydrogen-bond donors (Lipinski definition) is 1. The molecule has 0 spiro atoms. The van der Waals surface area contributed by atoms with E-state index in [1.54, 1.807) is 4.68 Å². The topological polar surface area (TPSA) is 72.3 Å². The number of nitrogens with one attached hydrogen (secondary N) is 1. The van der Waals surface area contributed by atoms with Crippen LogP contribution < -0.4 is 10.1 Å². The lowest BCUT2D eigenvalue weighted by molar-refractivity contribution is -0.128. The number of nitrogens with zero attached hydrogens (tertiary/aromatic N) is 4. The lowest BCUT2D eigenvalue weighted by Gasteiger charge is -2.34. The fourth-order valence-corrected chi connectivity index (χ4v) is 3.92. The number of fused-ring (bicyclic) bond motifs is 1. The second-order valence-electron chi connectivity index (χ2n) is 6.92. The Bertz CT molecular complexity index is 867. The van der Waals surface area contributed by atoms with E-state index in [2.05, 4.69) is 15.4 Å². The van der Waals surface area contributed by atoms with Gasteiger partial charge in [0.15, 0.2) is 0 Å². The summed E-state index contributed by atoms with van der Waals surface area (Å²) in [6.45, 7) is 6.07. The molecule has 142 valence electrons. The van der Waals surface area contributed by atoms with Crippen LogP contribution >= 0.6 is 0 Å². The Labute approximate surface area is 159 Å². The smallest absolute Gasteiger partial charge is 0.254 e. The molecular formula is C20H25N5O2. The maximum absolute atomic E-state index is 13.5. The van der Waals surface area contributed by atoms with Crippen molar-refractivity contribution in [2.24, 2.45) is 0 Å². The normalized spacial score (nSPS) is 19.5. The first-order valence-electron chi connectivity index (χ1n) is 9.59. The van der Waals surface area contributed by atoms with Gasteiger partial charge in [0, 0.05) is 24.4 Å². The fraction of sp³-hybridized carbons (Fsp3) is 0.450. The number of rotatable bonds is 4. The highest BCUT2D eigenvalue weighted by Crippen LogP contribution is 2.39. The van der Waals surface area contributed by atoms with Crippen molar-refractivity contribution in [3.05, 3.63) is 47.4 Å². The van der Waals surface area contributed by atoms with Gasteiger partial charge >= 0.3 is 0 Å². The number of amides is 1. The number of benzene rings is 1. The summed E-state index contributed by atoms with van der Waals surface area (Å²) in [5, 5.41) is 7.65. The summed E-state index contributed by atoms with van der Waals surface area (Å²) in [5.74, 6) is 1.47. The Kier molecular flexibility index (Phi) is 4.83. The molecule has 1 unspecified atom stereocenters. The fourth-order valence-electron chi connectivity index (χ4n) is 3.92. The second kappa shape index (κ2) is 7.42. The minimum absolute atomic E-state index is 0.0668. The van der Waals surface area contributed by atoms with Crippen molar-refractivity contribution in [2.45, 2.75) is 39.2 Å². The molecule has 7 nitrogen and oxygen atoms in total. The molecular weight excluding hydrogens is 342 g/mol. The van der Waals surface area contributed by atoms with E-state index < -0.39 is 0 Å². The van der Waals surface area contributed by atoms with E-state index in [4.69, 9.17) is 4.74 Å². The molecule has 2 aliphatic heterocycles. The maximum Gasteiger partial charge on any atom is 0.254 e. The van der Waals surface area contributed by atoms with Gasteiger partial charge in [-0.1, -0.05) is 18.2 Å². The monoisotopic (exact) mass is 367 g/mol. The number of aromatic nitrogens is 3. The SMILES string of the molecule is CCOc1ccccc1C1C(C(=O)N2CCCCC2)=C(C)Nc2ncnn21. The van der Waals surface area contributed by atoms with Crippen LogP contribution in [0.1, 0.15) is 44.7 Å². The van der Waals surface area contributed by atoms with E-state index in [1.807, 2.05) is 43.0 Å². The Morgan fingerprint density at radius 2 is 2.04 bits per heavy atom. The largest absolute Gasteiger partial charge is 0.494 e. The Morgan fingerprint density at radius 3 is 2.81 bits per heavy atom. The summed E-state index contributed by atoms with van der Waals surface area (Å²) in [6.07, 6.45) is 4.81. The van der Waals surface area contributed by atoms with Gasteiger partial charge in [-0.3, -0.25) is 4.79 Å². The molecule has 7 heteroatoms. The maximum atomic E-state index is 13.5. The number of hydrogen-bond acceptors (Lipinski definition) is 5. The number of likely N-dealkylation sites (tertiary alicyclic amines) is 1. The van der Waals surface area contributed by atoms with E-state index in [0.29, 0.717) is 18.1 Å². The first-order chi connectivity index (χ1) is 13.2. The zero-order valence-electron chi connectivity index (χ0n) is 15.8. The van der Waals surface area contributed by atoms with Crippen molar-refractivity contribution in [2.75, 3.05) is 25.0 Å². The number of ether oxygens (including phenoxy) is 1. The molecule has 1 fully saturated rings.